The molecule has 27 heavy (non-hydrogen) atoms. The predicted octanol–water partition coefficient (Wildman–Crippen LogP) is 4.65. The van der Waals surface area contributed by atoms with Crippen molar-refractivity contribution in [2.75, 3.05) is 13.1 Å². The van der Waals surface area contributed by atoms with Crippen LogP contribution in [0.15, 0.2) is 46.9 Å². The summed E-state index contributed by atoms with van der Waals surface area (Å²) in [5, 5.41) is 8.01. The Morgan fingerprint density at radius 1 is 0.926 bits per heavy atom. The van der Waals surface area contributed by atoms with Crippen LogP contribution < -0.4 is 0 Å². The fourth-order valence-corrected chi connectivity index (χ4v) is 3.55. The Morgan fingerprint density at radius 2 is 1.63 bits per heavy atom. The number of carbonyl (C=O) groups excluding carboxylic acids is 1. The van der Waals surface area contributed by atoms with E-state index < -0.39 is 0 Å². The number of aryl methyl sites for hydroxylation is 2. The van der Waals surface area contributed by atoms with Gasteiger partial charge >= 0.3 is 0 Å². The second kappa shape index (κ2) is 7.35. The number of likely N-dealkylation sites (tertiary alicyclic amines) is 1. The van der Waals surface area contributed by atoms with Crippen molar-refractivity contribution in [3.8, 4) is 22.6 Å². The molecule has 5 heteroatoms. The Bertz CT molecular complexity index is 954. The van der Waals surface area contributed by atoms with E-state index in [4.69, 9.17) is 4.42 Å². The normalized spacial score (nSPS) is 14.4. The molecule has 0 spiro atoms. The van der Waals surface area contributed by atoms with Crippen molar-refractivity contribution in [2.24, 2.45) is 0 Å². The largest absolute Gasteiger partial charge is 0.421 e. The van der Waals surface area contributed by atoms with Gasteiger partial charge in [-0.2, -0.15) is 0 Å². The molecule has 1 fully saturated rings. The van der Waals surface area contributed by atoms with E-state index in [-0.39, 0.29) is 5.91 Å². The summed E-state index contributed by atoms with van der Waals surface area (Å²) in [6.07, 6.45) is 3.42. The highest BCUT2D eigenvalue weighted by Gasteiger charge is 2.18. The first kappa shape index (κ1) is 17.5. The van der Waals surface area contributed by atoms with Gasteiger partial charge in [0.05, 0.1) is 0 Å². The highest BCUT2D eigenvalue weighted by molar-refractivity contribution is 5.94. The average molecular weight is 361 g/mol. The van der Waals surface area contributed by atoms with Crippen molar-refractivity contribution >= 4 is 5.91 Å². The lowest BCUT2D eigenvalue weighted by atomic mass is 9.97. The first-order valence-electron chi connectivity index (χ1n) is 9.43. The number of piperidine rings is 1. The van der Waals surface area contributed by atoms with Crippen LogP contribution in [0.1, 0.15) is 41.1 Å². The molecule has 0 aliphatic carbocycles. The molecule has 0 radical (unpaired) electrons. The Kier molecular flexibility index (Phi) is 4.75. The van der Waals surface area contributed by atoms with Crippen LogP contribution in [0.2, 0.25) is 0 Å². The molecule has 2 heterocycles. The molecule has 0 bridgehead atoms. The number of hydrogen-bond acceptors (Lipinski definition) is 4. The summed E-state index contributed by atoms with van der Waals surface area (Å²) < 4.78 is 5.55. The number of nitrogens with zero attached hydrogens (tertiary/aromatic N) is 3. The van der Waals surface area contributed by atoms with Crippen molar-refractivity contribution in [1.82, 2.24) is 15.1 Å². The lowest BCUT2D eigenvalue weighted by Crippen LogP contribution is -2.35. The molecule has 4 rings (SSSR count). The van der Waals surface area contributed by atoms with Gasteiger partial charge in [-0.25, -0.2) is 0 Å². The zero-order chi connectivity index (χ0) is 18.8. The van der Waals surface area contributed by atoms with E-state index in [0.29, 0.717) is 11.8 Å². The molecule has 5 nitrogen and oxygen atoms in total. The van der Waals surface area contributed by atoms with E-state index in [2.05, 4.69) is 29.3 Å². The van der Waals surface area contributed by atoms with Crippen LogP contribution >= 0.6 is 0 Å². The van der Waals surface area contributed by atoms with Gasteiger partial charge < -0.3 is 9.32 Å². The first-order valence-corrected chi connectivity index (χ1v) is 9.43. The Morgan fingerprint density at radius 3 is 2.30 bits per heavy atom. The van der Waals surface area contributed by atoms with Crippen LogP contribution in [0.3, 0.4) is 0 Å². The summed E-state index contributed by atoms with van der Waals surface area (Å²) in [6, 6.07) is 14.0. The summed E-state index contributed by atoms with van der Waals surface area (Å²) in [6.45, 7) is 5.59. The highest BCUT2D eigenvalue weighted by Crippen LogP contribution is 2.29. The van der Waals surface area contributed by atoms with Gasteiger partial charge in [0.1, 0.15) is 0 Å². The Balaban J connectivity index is 1.61. The Labute approximate surface area is 159 Å². The molecule has 138 valence electrons. The molecule has 0 atom stereocenters. The smallest absolute Gasteiger partial charge is 0.253 e. The number of benzene rings is 2. The highest BCUT2D eigenvalue weighted by atomic mass is 16.4. The zero-order valence-corrected chi connectivity index (χ0v) is 15.7. The molecule has 1 aromatic heterocycles. The van der Waals surface area contributed by atoms with Crippen LogP contribution in [0, 0.1) is 13.8 Å². The standard InChI is InChI=1S/C22H23N3O2/c1-15-6-7-19(21-24-23-16(2)27-21)14-20(15)17-8-10-18(11-9-17)22(26)25-12-4-3-5-13-25/h6-11,14H,3-5,12-13H2,1-2H3. The summed E-state index contributed by atoms with van der Waals surface area (Å²) >= 11 is 0. The molecule has 0 unspecified atom stereocenters. The van der Waals surface area contributed by atoms with Crippen LogP contribution in [0.4, 0.5) is 0 Å². The van der Waals surface area contributed by atoms with Crippen molar-refractivity contribution in [3.05, 3.63) is 59.5 Å². The van der Waals surface area contributed by atoms with E-state index >= 15 is 0 Å². The van der Waals surface area contributed by atoms with Crippen LogP contribution in [-0.4, -0.2) is 34.1 Å². The molecule has 3 aromatic rings. The summed E-state index contributed by atoms with van der Waals surface area (Å²) in [5.41, 5.74) is 4.97. The van der Waals surface area contributed by atoms with Gasteiger partial charge in [0, 0.05) is 31.1 Å². The average Bonchev–Trinajstić information content (AvgIpc) is 3.15. The fraction of sp³-hybridized carbons (Fsp3) is 0.318. The van der Waals surface area contributed by atoms with Crippen molar-refractivity contribution in [3.63, 3.8) is 0 Å². The molecular formula is C22H23N3O2. The van der Waals surface area contributed by atoms with E-state index in [9.17, 15) is 4.79 Å². The summed E-state index contributed by atoms with van der Waals surface area (Å²) in [5.74, 6) is 1.20. The molecule has 1 aliphatic heterocycles. The number of aromatic nitrogens is 2. The Hall–Kier alpha value is -2.95. The minimum atomic E-state index is 0.132. The lowest BCUT2D eigenvalue weighted by molar-refractivity contribution is 0.0724. The number of hydrogen-bond donors (Lipinski definition) is 0. The fourth-order valence-electron chi connectivity index (χ4n) is 3.55. The number of rotatable bonds is 3. The first-order chi connectivity index (χ1) is 13.1. The molecule has 1 saturated heterocycles. The molecule has 1 aliphatic rings. The predicted molar refractivity (Wildman–Crippen MR) is 104 cm³/mol. The second-order valence-corrected chi connectivity index (χ2v) is 7.09. The van der Waals surface area contributed by atoms with Gasteiger partial charge in [0.15, 0.2) is 0 Å². The monoisotopic (exact) mass is 361 g/mol. The minimum Gasteiger partial charge on any atom is -0.421 e. The molecule has 1 amide bonds. The van der Waals surface area contributed by atoms with Crippen molar-refractivity contribution < 1.29 is 9.21 Å². The van der Waals surface area contributed by atoms with Crippen molar-refractivity contribution in [2.45, 2.75) is 33.1 Å². The number of carbonyl (C=O) groups is 1. The van der Waals surface area contributed by atoms with E-state index in [1.165, 1.54) is 6.42 Å². The van der Waals surface area contributed by atoms with E-state index in [1.807, 2.05) is 35.2 Å². The summed E-state index contributed by atoms with van der Waals surface area (Å²) in [7, 11) is 0. The van der Waals surface area contributed by atoms with Crippen LogP contribution in [0.25, 0.3) is 22.6 Å². The minimum absolute atomic E-state index is 0.132. The van der Waals surface area contributed by atoms with Gasteiger partial charge in [0.2, 0.25) is 11.8 Å². The lowest BCUT2D eigenvalue weighted by Gasteiger charge is -2.26. The topological polar surface area (TPSA) is 59.2 Å². The van der Waals surface area contributed by atoms with Gasteiger partial charge in [-0.1, -0.05) is 18.2 Å². The molecule has 0 N–H and O–H groups in total. The maximum Gasteiger partial charge on any atom is 0.253 e. The quantitative estimate of drug-likeness (QED) is 0.681. The third kappa shape index (κ3) is 3.63. The maximum absolute atomic E-state index is 12.7. The van der Waals surface area contributed by atoms with E-state index in [1.54, 1.807) is 6.92 Å². The van der Waals surface area contributed by atoms with Gasteiger partial charge in [-0.05, 0) is 67.1 Å². The third-order valence-corrected chi connectivity index (χ3v) is 5.10. The molecular weight excluding hydrogens is 338 g/mol. The maximum atomic E-state index is 12.7. The third-order valence-electron chi connectivity index (χ3n) is 5.10. The SMILES string of the molecule is Cc1nnc(-c2ccc(C)c(-c3ccc(C(=O)N4CCCCC4)cc3)c2)o1. The zero-order valence-electron chi connectivity index (χ0n) is 15.7. The van der Waals surface area contributed by atoms with Gasteiger partial charge in [-0.15, -0.1) is 10.2 Å². The van der Waals surface area contributed by atoms with Crippen LogP contribution in [0.5, 0.6) is 0 Å². The summed E-state index contributed by atoms with van der Waals surface area (Å²) in [4.78, 5) is 14.6. The van der Waals surface area contributed by atoms with E-state index in [0.717, 1.165) is 53.7 Å². The molecule has 0 saturated carbocycles. The second-order valence-electron chi connectivity index (χ2n) is 7.09. The van der Waals surface area contributed by atoms with Crippen LogP contribution in [-0.2, 0) is 0 Å². The molecule has 2 aromatic carbocycles. The van der Waals surface area contributed by atoms with Gasteiger partial charge in [0.25, 0.3) is 5.91 Å². The van der Waals surface area contributed by atoms with Gasteiger partial charge in [-0.3, -0.25) is 4.79 Å². The number of amides is 1. The van der Waals surface area contributed by atoms with Crippen molar-refractivity contribution in [1.29, 1.82) is 0 Å².